The molecule has 1 aliphatic carbocycles. The normalized spacial score (nSPS) is 22.7. The topological polar surface area (TPSA) is 150 Å². The summed E-state index contributed by atoms with van der Waals surface area (Å²) in [4.78, 5) is 41.5. The van der Waals surface area contributed by atoms with Crippen molar-refractivity contribution in [2.45, 2.75) is 77.3 Å². The SMILES string of the molecule is Cc1cc(-n2nc3c(c2-n2ccn(-c4ccc(P(C)(C)=O)cc4F)c2=O)[C@H](C)N(C(=O)c2cc4cc(C5CCOCC5)ccc4n2[C@@]2(C4=NC(O)ON4)C[C@@H]2C)CC3)cc(C)c1F. The van der Waals surface area contributed by atoms with Crippen molar-refractivity contribution in [3.05, 3.63) is 123 Å². The second-order valence-corrected chi connectivity index (χ2v) is 21.1. The number of hydrogen-bond acceptors (Lipinski definition) is 9. The van der Waals surface area contributed by atoms with Crippen molar-refractivity contribution >= 4 is 35.1 Å². The second kappa shape index (κ2) is 15.0. The highest BCUT2D eigenvalue weighted by molar-refractivity contribution is 7.70. The van der Waals surface area contributed by atoms with E-state index in [4.69, 9.17) is 14.7 Å². The number of aromatic nitrogens is 5. The lowest BCUT2D eigenvalue weighted by molar-refractivity contribution is -0.103. The second-order valence-electron chi connectivity index (χ2n) is 17.8. The van der Waals surface area contributed by atoms with E-state index >= 15 is 13.6 Å². The van der Waals surface area contributed by atoms with Crippen LogP contribution in [-0.4, -0.2) is 84.7 Å². The van der Waals surface area contributed by atoms with E-state index in [0.717, 1.165) is 23.7 Å². The fraction of sp³-hybridized carbons (Fsp3) is 0.391. The summed E-state index contributed by atoms with van der Waals surface area (Å²) in [6.07, 6.45) is 4.41. The maximum atomic E-state index is 15.7. The first-order valence-electron chi connectivity index (χ1n) is 21.3. The lowest BCUT2D eigenvalue weighted by Gasteiger charge is -2.34. The van der Waals surface area contributed by atoms with Crippen molar-refractivity contribution in [1.29, 1.82) is 0 Å². The van der Waals surface area contributed by atoms with Gasteiger partial charge in [-0.3, -0.25) is 13.9 Å². The zero-order chi connectivity index (χ0) is 44.3. The fourth-order valence-corrected chi connectivity index (χ4v) is 10.9. The van der Waals surface area contributed by atoms with Crippen LogP contribution in [0.1, 0.15) is 83.5 Å². The standard InChI is InChI=1S/C46H49F2N8O6P/c1-25-19-32(20-26(2)40(25)48)56-41(54-16-15-53(45(54)59)37-10-8-33(23-34(37)47)63(5,6)60)39-28(4)52(14-11-35(39)50-56)42(57)38-22-31-21-30(29-12-17-61-18-13-29)7-9-36(31)55(38)46(24-27(46)3)43-49-44(58)62-51-43/h7-10,15-16,19-23,27-29,44,58H,11-14,17-18,24H2,1-6H3,(H,49,51)/t27-,28-,44?,46-/m0/s1. The molecule has 10 rings (SSSR count). The lowest BCUT2D eigenvalue weighted by atomic mass is 9.91. The van der Waals surface area contributed by atoms with Crippen LogP contribution in [0.5, 0.6) is 0 Å². The number of benzene rings is 3. The van der Waals surface area contributed by atoms with Crippen LogP contribution < -0.4 is 16.5 Å². The number of amides is 1. The summed E-state index contributed by atoms with van der Waals surface area (Å²) in [6, 6.07) is 15.2. The molecule has 1 saturated heterocycles. The highest BCUT2D eigenvalue weighted by Gasteiger charge is 2.60. The monoisotopic (exact) mass is 878 g/mol. The molecule has 4 aliphatic rings. The third kappa shape index (κ3) is 6.63. The predicted molar refractivity (Wildman–Crippen MR) is 234 cm³/mol. The summed E-state index contributed by atoms with van der Waals surface area (Å²) in [5, 5.41) is 16.6. The van der Waals surface area contributed by atoms with E-state index in [2.05, 4.69) is 35.6 Å². The van der Waals surface area contributed by atoms with E-state index in [1.54, 1.807) is 55.0 Å². The zero-order valence-corrected chi connectivity index (χ0v) is 36.8. The zero-order valence-electron chi connectivity index (χ0n) is 35.9. The quantitative estimate of drug-likeness (QED) is 0.165. The first kappa shape index (κ1) is 41.3. The molecule has 328 valence electrons. The van der Waals surface area contributed by atoms with Gasteiger partial charge < -0.3 is 23.9 Å². The van der Waals surface area contributed by atoms with Gasteiger partial charge in [0.25, 0.3) is 12.3 Å². The number of nitrogens with one attached hydrogen (secondary N) is 1. The molecule has 1 unspecified atom stereocenters. The van der Waals surface area contributed by atoms with E-state index in [1.807, 2.05) is 17.6 Å². The van der Waals surface area contributed by atoms with Crippen LogP contribution in [0, 0.1) is 31.4 Å². The fourth-order valence-electron chi connectivity index (χ4n) is 10.0. The highest BCUT2D eigenvalue weighted by Crippen LogP contribution is 2.54. The molecule has 14 nitrogen and oxygen atoms in total. The predicted octanol–water partition coefficient (Wildman–Crippen LogP) is 6.51. The number of aryl methyl sites for hydroxylation is 2. The third-order valence-electron chi connectivity index (χ3n) is 13.5. The molecule has 63 heavy (non-hydrogen) atoms. The van der Waals surface area contributed by atoms with Gasteiger partial charge in [-0.2, -0.15) is 5.10 Å². The molecule has 6 heterocycles. The number of ether oxygens (including phenoxy) is 1. The maximum Gasteiger partial charge on any atom is 0.338 e. The van der Waals surface area contributed by atoms with Crippen molar-refractivity contribution in [1.82, 2.24) is 33.9 Å². The molecule has 3 aliphatic heterocycles. The van der Waals surface area contributed by atoms with Gasteiger partial charge in [0.05, 0.1) is 23.1 Å². The molecule has 1 saturated carbocycles. The Bertz CT molecular complexity index is 2990. The maximum absolute atomic E-state index is 15.7. The van der Waals surface area contributed by atoms with Crippen LogP contribution in [0.15, 0.2) is 76.8 Å². The number of hydrogen-bond donors (Lipinski definition) is 2. The minimum Gasteiger partial charge on any atom is -0.381 e. The molecule has 17 heteroatoms. The Morgan fingerprint density at radius 3 is 2.35 bits per heavy atom. The number of fused-ring (bicyclic) bond motifs is 2. The molecule has 4 atom stereocenters. The van der Waals surface area contributed by atoms with Crippen molar-refractivity contribution < 1.29 is 32.8 Å². The van der Waals surface area contributed by atoms with Gasteiger partial charge in [-0.1, -0.05) is 13.0 Å². The minimum atomic E-state index is -2.78. The smallest absolute Gasteiger partial charge is 0.338 e. The molecular formula is C46H49F2N8O6P. The van der Waals surface area contributed by atoms with E-state index in [0.29, 0.717) is 89.2 Å². The summed E-state index contributed by atoms with van der Waals surface area (Å²) in [6.45, 7) is 12.1. The Kier molecular flexibility index (Phi) is 9.82. The molecule has 2 fully saturated rings. The van der Waals surface area contributed by atoms with Crippen LogP contribution in [0.3, 0.4) is 0 Å². The van der Waals surface area contributed by atoms with Gasteiger partial charge in [0.1, 0.15) is 35.8 Å². The summed E-state index contributed by atoms with van der Waals surface area (Å²) < 4.78 is 55.4. The minimum absolute atomic E-state index is 0.0236. The van der Waals surface area contributed by atoms with Gasteiger partial charge in [0.15, 0.2) is 5.84 Å². The van der Waals surface area contributed by atoms with E-state index < -0.39 is 36.6 Å². The molecule has 0 spiro atoms. The van der Waals surface area contributed by atoms with Crippen LogP contribution in [0.4, 0.5) is 8.78 Å². The molecule has 3 aromatic heterocycles. The van der Waals surface area contributed by atoms with E-state index in [-0.39, 0.29) is 23.3 Å². The third-order valence-corrected chi connectivity index (χ3v) is 15.0. The molecular weight excluding hydrogens is 830 g/mol. The number of hydroxylamine groups is 1. The molecule has 0 radical (unpaired) electrons. The van der Waals surface area contributed by atoms with Crippen LogP contribution in [0.25, 0.3) is 28.1 Å². The van der Waals surface area contributed by atoms with Gasteiger partial charge in [-0.15, -0.1) is 0 Å². The van der Waals surface area contributed by atoms with Crippen molar-refractivity contribution in [3.8, 4) is 17.2 Å². The number of aliphatic hydroxyl groups is 1. The van der Waals surface area contributed by atoms with Gasteiger partial charge in [0.2, 0.25) is 0 Å². The first-order valence-corrected chi connectivity index (χ1v) is 23.9. The number of aliphatic hydroxyl groups excluding tert-OH is 1. The number of rotatable bonds is 8. The molecule has 3 aromatic carbocycles. The number of carbonyl (C=O) groups excluding carboxylic acids is 1. The Morgan fingerprint density at radius 2 is 1.70 bits per heavy atom. The lowest BCUT2D eigenvalue weighted by Crippen LogP contribution is -2.43. The number of nitrogens with zero attached hydrogens (tertiary/aromatic N) is 7. The van der Waals surface area contributed by atoms with E-state index in [1.165, 1.54) is 39.2 Å². The number of aliphatic imine (C=N–C) groups is 1. The van der Waals surface area contributed by atoms with Crippen LogP contribution in [0.2, 0.25) is 0 Å². The van der Waals surface area contributed by atoms with Gasteiger partial charge in [0, 0.05) is 60.3 Å². The van der Waals surface area contributed by atoms with Gasteiger partial charge in [-0.25, -0.2) is 33.6 Å². The van der Waals surface area contributed by atoms with Crippen molar-refractivity contribution in [2.24, 2.45) is 10.9 Å². The number of carbonyl (C=O) groups is 1. The molecule has 6 aromatic rings. The first-order chi connectivity index (χ1) is 30.1. The van der Waals surface area contributed by atoms with Crippen molar-refractivity contribution in [2.75, 3.05) is 33.1 Å². The summed E-state index contributed by atoms with van der Waals surface area (Å²) in [5.74, 6) is -0.174. The average molecular weight is 879 g/mol. The Morgan fingerprint density at radius 1 is 0.984 bits per heavy atom. The largest absolute Gasteiger partial charge is 0.381 e. The highest BCUT2D eigenvalue weighted by atomic mass is 31.2. The molecule has 0 bridgehead atoms. The average Bonchev–Trinajstić information content (AvgIpc) is 3.74. The number of amidine groups is 1. The van der Waals surface area contributed by atoms with Gasteiger partial charge in [-0.05, 0) is 130 Å². The Hall–Kier alpha value is -5.67. The Balaban J connectivity index is 1.11. The molecule has 1 amide bonds. The Labute approximate surface area is 362 Å². The van der Waals surface area contributed by atoms with Crippen molar-refractivity contribution in [3.63, 3.8) is 0 Å². The van der Waals surface area contributed by atoms with E-state index in [9.17, 15) is 14.5 Å². The van der Waals surface area contributed by atoms with Gasteiger partial charge >= 0.3 is 5.69 Å². The van der Waals surface area contributed by atoms with Crippen LogP contribution >= 0.6 is 7.14 Å². The summed E-state index contributed by atoms with van der Waals surface area (Å²) in [7, 11) is -2.78. The summed E-state index contributed by atoms with van der Waals surface area (Å²) >= 11 is 0. The van der Waals surface area contributed by atoms with Crippen LogP contribution in [-0.2, 0) is 26.1 Å². The number of imidazole rings is 1. The molecule has 2 N–H and O–H groups in total. The summed E-state index contributed by atoms with van der Waals surface area (Å²) in [5.41, 5.74) is 6.44. The number of halogens is 2.